The summed E-state index contributed by atoms with van der Waals surface area (Å²) < 4.78 is 77.0. The van der Waals surface area contributed by atoms with Crippen molar-refractivity contribution in [2.24, 2.45) is 0 Å². The van der Waals surface area contributed by atoms with E-state index >= 15 is 0 Å². The van der Waals surface area contributed by atoms with E-state index in [1.54, 1.807) is 24.3 Å². The van der Waals surface area contributed by atoms with Gasteiger partial charge in [0.1, 0.15) is 0 Å². The van der Waals surface area contributed by atoms with Crippen LogP contribution in [0.2, 0.25) is 0 Å². The van der Waals surface area contributed by atoms with Crippen LogP contribution in [0.25, 0.3) is 0 Å². The summed E-state index contributed by atoms with van der Waals surface area (Å²) >= 11 is 0. The van der Waals surface area contributed by atoms with Gasteiger partial charge in [0.25, 0.3) is 0 Å². The molecule has 0 amide bonds. The quantitative estimate of drug-likeness (QED) is 0.667. The van der Waals surface area contributed by atoms with Crippen LogP contribution < -0.4 is 0 Å². The second-order valence-electron chi connectivity index (χ2n) is 7.04. The molecule has 0 bridgehead atoms. The third-order valence-corrected chi connectivity index (χ3v) is 11.3. The van der Waals surface area contributed by atoms with Crippen molar-refractivity contribution < 1.29 is 25.3 Å². The number of hydrogen-bond acceptors (Lipinski definition) is 6. The number of nitrogens with zero attached hydrogens (tertiary/aromatic N) is 2. The van der Waals surface area contributed by atoms with Gasteiger partial charge in [-0.2, -0.15) is 4.31 Å². The van der Waals surface area contributed by atoms with Crippen molar-refractivity contribution in [1.29, 1.82) is 0 Å². The summed E-state index contributed by atoms with van der Waals surface area (Å²) in [5.74, 6) is -0.462. The van der Waals surface area contributed by atoms with Crippen molar-refractivity contribution in [2.75, 3.05) is 37.7 Å². The van der Waals surface area contributed by atoms with Gasteiger partial charge < -0.3 is 0 Å². The third kappa shape index (κ3) is 4.37. The van der Waals surface area contributed by atoms with Crippen LogP contribution in [0.3, 0.4) is 0 Å². The zero-order chi connectivity index (χ0) is 19.9. The van der Waals surface area contributed by atoms with Crippen molar-refractivity contribution in [3.8, 4) is 0 Å². The van der Waals surface area contributed by atoms with Gasteiger partial charge >= 0.3 is 0 Å². The maximum atomic E-state index is 12.8. The summed E-state index contributed by atoms with van der Waals surface area (Å²) in [7, 11) is -10.8. The Hall–Kier alpha value is -1.01. The van der Waals surface area contributed by atoms with Crippen LogP contribution in [-0.4, -0.2) is 76.8 Å². The molecule has 0 spiro atoms. The fraction of sp³-hybridized carbons (Fsp3) is 0.625. The minimum Gasteiger partial charge on any atom is -0.229 e. The number of hydrogen-bond donors (Lipinski definition) is 0. The fourth-order valence-corrected chi connectivity index (χ4v) is 9.46. The van der Waals surface area contributed by atoms with E-state index in [1.165, 1.54) is 8.61 Å². The van der Waals surface area contributed by atoms with Gasteiger partial charge in [-0.1, -0.05) is 17.7 Å². The largest absolute Gasteiger partial charge is 0.243 e. The molecule has 27 heavy (non-hydrogen) atoms. The van der Waals surface area contributed by atoms with Crippen molar-refractivity contribution >= 4 is 29.9 Å². The highest BCUT2D eigenvalue weighted by Crippen LogP contribution is 2.24. The van der Waals surface area contributed by atoms with E-state index in [4.69, 9.17) is 0 Å². The molecule has 0 N–H and O–H groups in total. The molecule has 0 saturated carbocycles. The molecule has 2 heterocycles. The highest BCUT2D eigenvalue weighted by atomic mass is 32.2. The van der Waals surface area contributed by atoms with Crippen LogP contribution in [0.15, 0.2) is 29.2 Å². The molecule has 0 aliphatic carbocycles. The van der Waals surface area contributed by atoms with Gasteiger partial charge in [0.15, 0.2) is 9.84 Å². The third-order valence-electron chi connectivity index (χ3n) is 5.04. The first-order chi connectivity index (χ1) is 12.5. The minimum absolute atomic E-state index is 0.0317. The van der Waals surface area contributed by atoms with Gasteiger partial charge in [0.05, 0.1) is 21.7 Å². The van der Waals surface area contributed by atoms with Crippen molar-refractivity contribution in [1.82, 2.24) is 8.61 Å². The van der Waals surface area contributed by atoms with Crippen LogP contribution in [-0.2, 0) is 29.9 Å². The first-order valence-corrected chi connectivity index (χ1v) is 13.5. The van der Waals surface area contributed by atoms with E-state index in [-0.39, 0.29) is 49.0 Å². The number of sulfone groups is 1. The molecule has 2 saturated heterocycles. The van der Waals surface area contributed by atoms with Gasteiger partial charge in [-0.3, -0.25) is 0 Å². The van der Waals surface area contributed by atoms with Gasteiger partial charge in [0, 0.05) is 26.2 Å². The van der Waals surface area contributed by atoms with Crippen LogP contribution in [0.1, 0.15) is 18.4 Å². The van der Waals surface area contributed by atoms with E-state index in [9.17, 15) is 25.3 Å². The molecule has 0 aromatic heterocycles. The topological polar surface area (TPSA) is 109 Å². The number of benzene rings is 1. The number of aryl methyl sites for hydroxylation is 1. The lowest BCUT2D eigenvalue weighted by Crippen LogP contribution is -2.42. The van der Waals surface area contributed by atoms with Gasteiger partial charge in [-0.15, -0.1) is 0 Å². The second-order valence-corrected chi connectivity index (χ2v) is 13.4. The maximum Gasteiger partial charge on any atom is 0.243 e. The van der Waals surface area contributed by atoms with E-state index in [1.807, 2.05) is 6.92 Å². The monoisotopic (exact) mass is 436 g/mol. The lowest BCUT2D eigenvalue weighted by Gasteiger charge is -2.24. The highest BCUT2D eigenvalue weighted by Gasteiger charge is 2.41. The van der Waals surface area contributed by atoms with E-state index in [2.05, 4.69) is 0 Å². The molecule has 0 unspecified atom stereocenters. The second kappa shape index (κ2) is 7.43. The predicted octanol–water partition coefficient (Wildman–Crippen LogP) is 0.208. The fourth-order valence-electron chi connectivity index (χ4n) is 3.43. The van der Waals surface area contributed by atoms with Crippen molar-refractivity contribution in [3.05, 3.63) is 29.8 Å². The Morgan fingerprint density at radius 2 is 1.52 bits per heavy atom. The Kier molecular flexibility index (Phi) is 5.70. The summed E-state index contributed by atoms with van der Waals surface area (Å²) in [6.07, 6.45) is 0.469. The lowest BCUT2D eigenvalue weighted by molar-refractivity contribution is 0.401. The summed E-state index contributed by atoms with van der Waals surface area (Å²) in [4.78, 5) is 0.186. The Morgan fingerprint density at radius 1 is 0.926 bits per heavy atom. The van der Waals surface area contributed by atoms with Gasteiger partial charge in [-0.05, 0) is 31.9 Å². The maximum absolute atomic E-state index is 12.8. The molecular formula is C16H24N2O6S3. The molecule has 8 nitrogen and oxygen atoms in total. The van der Waals surface area contributed by atoms with Crippen molar-refractivity contribution in [2.45, 2.75) is 29.9 Å². The van der Waals surface area contributed by atoms with Crippen molar-refractivity contribution in [3.63, 3.8) is 0 Å². The number of sulfonamides is 2. The molecule has 1 atom stereocenters. The molecule has 2 aliphatic rings. The predicted molar refractivity (Wildman–Crippen MR) is 102 cm³/mol. The Labute approximate surface area is 161 Å². The molecular weight excluding hydrogens is 412 g/mol. The highest BCUT2D eigenvalue weighted by molar-refractivity contribution is 7.95. The SMILES string of the molecule is Cc1ccc(S(=O)(=O)N2CCCN(S(=O)(=O)[C@@H]3CCS(=O)(=O)C3)CC2)cc1. The molecule has 0 radical (unpaired) electrons. The first kappa shape index (κ1) is 20.7. The van der Waals surface area contributed by atoms with Gasteiger partial charge in [0.2, 0.25) is 20.0 Å². The van der Waals surface area contributed by atoms with E-state index < -0.39 is 35.1 Å². The minimum atomic E-state index is -3.76. The normalized spacial score (nSPS) is 25.3. The molecule has 11 heteroatoms. The summed E-state index contributed by atoms with van der Waals surface area (Å²) in [5, 5.41) is -0.928. The first-order valence-electron chi connectivity index (χ1n) is 8.79. The average molecular weight is 437 g/mol. The molecule has 2 fully saturated rings. The molecule has 1 aromatic carbocycles. The van der Waals surface area contributed by atoms with Crippen LogP contribution >= 0.6 is 0 Å². The standard InChI is InChI=1S/C16H24N2O6S3/c1-14-3-5-15(6-4-14)26(21,22)17-8-2-9-18(11-10-17)27(23,24)16-7-12-25(19,20)13-16/h3-6,16H,2,7-13H2,1H3/t16-/m1/s1. The van der Waals surface area contributed by atoms with E-state index in [0.717, 1.165) is 5.56 Å². The van der Waals surface area contributed by atoms with Crippen LogP contribution in [0, 0.1) is 6.92 Å². The van der Waals surface area contributed by atoms with Crippen LogP contribution in [0.5, 0.6) is 0 Å². The Balaban J connectivity index is 1.75. The van der Waals surface area contributed by atoms with E-state index in [0.29, 0.717) is 6.42 Å². The van der Waals surface area contributed by atoms with Crippen LogP contribution in [0.4, 0.5) is 0 Å². The zero-order valence-corrected chi connectivity index (χ0v) is 17.6. The molecule has 1 aromatic rings. The Bertz CT molecular complexity index is 1000. The number of rotatable bonds is 4. The molecule has 2 aliphatic heterocycles. The smallest absolute Gasteiger partial charge is 0.229 e. The summed E-state index contributed by atoms with van der Waals surface area (Å²) in [6.45, 7) is 2.37. The average Bonchev–Trinajstić information content (AvgIpc) is 2.82. The van der Waals surface area contributed by atoms with Gasteiger partial charge in [-0.25, -0.2) is 29.6 Å². The summed E-state index contributed by atoms with van der Waals surface area (Å²) in [5.41, 5.74) is 0.952. The molecule has 152 valence electrons. The summed E-state index contributed by atoms with van der Waals surface area (Å²) in [6, 6.07) is 6.55. The zero-order valence-electron chi connectivity index (χ0n) is 15.1. The molecule has 3 rings (SSSR count). The Morgan fingerprint density at radius 3 is 2.11 bits per heavy atom. The lowest BCUT2D eigenvalue weighted by atomic mass is 10.2.